The molecule has 0 saturated heterocycles. The lowest BCUT2D eigenvalue weighted by atomic mass is 9.79. The summed E-state index contributed by atoms with van der Waals surface area (Å²) in [4.78, 5) is 4.62. The number of rotatable bonds is 0. The number of ether oxygens (including phenoxy) is 2. The van der Waals surface area contributed by atoms with Crippen LogP contribution in [0.1, 0.15) is 16.7 Å². The van der Waals surface area contributed by atoms with Gasteiger partial charge in [0.1, 0.15) is 18.1 Å². The second-order valence-electron chi connectivity index (χ2n) is 5.15. The number of para-hydroxylation sites is 1. The minimum Gasteiger partial charge on any atom is -0.462 e. The van der Waals surface area contributed by atoms with Gasteiger partial charge in [0.2, 0.25) is 0 Å². The van der Waals surface area contributed by atoms with E-state index < -0.39 is 5.54 Å². The van der Waals surface area contributed by atoms with E-state index in [0.717, 1.165) is 28.2 Å². The van der Waals surface area contributed by atoms with Crippen LogP contribution in [0, 0.1) is 6.92 Å². The fraction of sp³-hybridized carbons (Fsp3) is 0.188. The Morgan fingerprint density at radius 3 is 2.70 bits per heavy atom. The molecule has 1 unspecified atom stereocenters. The van der Waals surface area contributed by atoms with Crippen molar-refractivity contribution in [1.29, 1.82) is 0 Å². The molecule has 2 aliphatic rings. The highest BCUT2D eigenvalue weighted by atomic mass is 16.5. The SMILES string of the molecule is Cc1cccc2c1C1(COC(N)=N1)c1ccccc1O2. The molecular formula is C16H14N2O2. The van der Waals surface area contributed by atoms with E-state index in [-0.39, 0.29) is 6.02 Å². The molecule has 20 heavy (non-hydrogen) atoms. The van der Waals surface area contributed by atoms with Crippen LogP contribution in [-0.4, -0.2) is 12.6 Å². The van der Waals surface area contributed by atoms with E-state index in [9.17, 15) is 0 Å². The van der Waals surface area contributed by atoms with Gasteiger partial charge in [-0.1, -0.05) is 30.3 Å². The van der Waals surface area contributed by atoms with Crippen LogP contribution in [-0.2, 0) is 10.3 Å². The normalized spacial score (nSPS) is 22.6. The summed E-state index contributed by atoms with van der Waals surface area (Å²) in [5.41, 5.74) is 8.37. The standard InChI is InChI=1S/C16H14N2O2/c1-10-5-4-8-13-14(10)16(9-19-15(17)18-16)11-6-2-3-7-12(11)20-13/h2-8H,9H2,1H3,(H2,17,18). The van der Waals surface area contributed by atoms with Gasteiger partial charge in [-0.05, 0) is 24.6 Å². The number of fused-ring (bicyclic) bond motifs is 4. The maximum atomic E-state index is 6.01. The summed E-state index contributed by atoms with van der Waals surface area (Å²) < 4.78 is 11.5. The lowest BCUT2D eigenvalue weighted by molar-refractivity contribution is 0.264. The second kappa shape index (κ2) is 3.76. The highest BCUT2D eigenvalue weighted by Gasteiger charge is 2.47. The second-order valence-corrected chi connectivity index (χ2v) is 5.15. The van der Waals surface area contributed by atoms with Gasteiger partial charge >= 0.3 is 0 Å². The van der Waals surface area contributed by atoms with Gasteiger partial charge in [0.05, 0.1) is 0 Å². The number of hydrogen-bond donors (Lipinski definition) is 1. The third-order valence-corrected chi connectivity index (χ3v) is 3.93. The van der Waals surface area contributed by atoms with Gasteiger partial charge in [-0.15, -0.1) is 0 Å². The third kappa shape index (κ3) is 1.33. The van der Waals surface area contributed by atoms with E-state index in [4.69, 9.17) is 15.2 Å². The Morgan fingerprint density at radius 1 is 1.10 bits per heavy atom. The first-order valence-electron chi connectivity index (χ1n) is 6.56. The summed E-state index contributed by atoms with van der Waals surface area (Å²) in [7, 11) is 0. The number of aryl methyl sites for hydroxylation is 1. The van der Waals surface area contributed by atoms with E-state index in [2.05, 4.69) is 18.0 Å². The van der Waals surface area contributed by atoms with Crippen LogP contribution in [0.15, 0.2) is 47.5 Å². The molecule has 0 amide bonds. The van der Waals surface area contributed by atoms with Crippen LogP contribution >= 0.6 is 0 Å². The van der Waals surface area contributed by atoms with Crippen molar-refractivity contribution < 1.29 is 9.47 Å². The monoisotopic (exact) mass is 266 g/mol. The van der Waals surface area contributed by atoms with Crippen LogP contribution in [0.4, 0.5) is 0 Å². The molecule has 1 atom stereocenters. The first kappa shape index (κ1) is 11.3. The number of amidine groups is 1. The molecule has 0 radical (unpaired) electrons. The average Bonchev–Trinajstić information content (AvgIpc) is 2.82. The van der Waals surface area contributed by atoms with Crippen molar-refractivity contribution in [2.24, 2.45) is 10.7 Å². The average molecular weight is 266 g/mol. The summed E-state index contributed by atoms with van der Waals surface area (Å²) in [6.07, 6.45) is 0. The molecule has 0 saturated carbocycles. The van der Waals surface area contributed by atoms with Crippen molar-refractivity contribution >= 4 is 6.02 Å². The first-order chi connectivity index (χ1) is 9.71. The number of nitrogens with two attached hydrogens (primary N) is 1. The van der Waals surface area contributed by atoms with Crippen molar-refractivity contribution in [3.05, 3.63) is 59.2 Å². The number of nitrogens with zero attached hydrogens (tertiary/aromatic N) is 1. The highest BCUT2D eigenvalue weighted by Crippen LogP contribution is 2.51. The van der Waals surface area contributed by atoms with Gasteiger partial charge in [-0.3, -0.25) is 0 Å². The van der Waals surface area contributed by atoms with Crippen LogP contribution in [0.5, 0.6) is 11.5 Å². The van der Waals surface area contributed by atoms with E-state index in [0.29, 0.717) is 6.61 Å². The minimum absolute atomic E-state index is 0.232. The Morgan fingerprint density at radius 2 is 1.90 bits per heavy atom. The largest absolute Gasteiger partial charge is 0.462 e. The molecule has 0 fully saturated rings. The Labute approximate surface area is 116 Å². The molecule has 0 aliphatic carbocycles. The van der Waals surface area contributed by atoms with Gasteiger partial charge in [-0.2, -0.15) is 0 Å². The fourth-order valence-corrected chi connectivity index (χ4v) is 3.10. The molecule has 1 spiro atoms. The van der Waals surface area contributed by atoms with Gasteiger partial charge in [-0.25, -0.2) is 4.99 Å². The van der Waals surface area contributed by atoms with Crippen molar-refractivity contribution in [2.45, 2.75) is 12.5 Å². The summed E-state index contributed by atoms with van der Waals surface area (Å²) in [6, 6.07) is 14.1. The zero-order valence-electron chi connectivity index (χ0n) is 11.1. The first-order valence-corrected chi connectivity index (χ1v) is 6.56. The maximum absolute atomic E-state index is 6.01. The van der Waals surface area contributed by atoms with Crippen molar-refractivity contribution in [2.75, 3.05) is 6.61 Å². The molecule has 4 heteroatoms. The van der Waals surface area contributed by atoms with E-state index in [1.165, 1.54) is 0 Å². The molecule has 2 N–H and O–H groups in total. The third-order valence-electron chi connectivity index (χ3n) is 3.93. The molecule has 2 heterocycles. The molecule has 4 nitrogen and oxygen atoms in total. The van der Waals surface area contributed by atoms with Gasteiger partial charge < -0.3 is 15.2 Å². The van der Waals surface area contributed by atoms with Gasteiger partial charge in [0.25, 0.3) is 6.02 Å². The molecule has 0 aromatic heterocycles. The Kier molecular flexibility index (Phi) is 2.13. The molecule has 2 aliphatic heterocycles. The number of hydrogen-bond acceptors (Lipinski definition) is 4. The molecule has 100 valence electrons. The smallest absolute Gasteiger partial charge is 0.283 e. The Bertz CT molecular complexity index is 739. The van der Waals surface area contributed by atoms with E-state index in [1.807, 2.05) is 36.4 Å². The zero-order chi connectivity index (χ0) is 13.7. The van der Waals surface area contributed by atoms with Crippen molar-refractivity contribution in [3.8, 4) is 11.5 Å². The summed E-state index contributed by atoms with van der Waals surface area (Å²) in [5.74, 6) is 1.64. The van der Waals surface area contributed by atoms with Crippen LogP contribution in [0.3, 0.4) is 0 Å². The fourth-order valence-electron chi connectivity index (χ4n) is 3.10. The molecule has 2 aromatic rings. The molecular weight excluding hydrogens is 252 g/mol. The van der Waals surface area contributed by atoms with Crippen LogP contribution in [0.25, 0.3) is 0 Å². The van der Waals surface area contributed by atoms with Gasteiger partial charge in [0, 0.05) is 11.1 Å². The Balaban J connectivity index is 2.08. The summed E-state index contributed by atoms with van der Waals surface area (Å²) in [6.45, 7) is 2.47. The lowest BCUT2D eigenvalue weighted by Crippen LogP contribution is -2.31. The summed E-state index contributed by atoms with van der Waals surface area (Å²) in [5, 5.41) is 0. The minimum atomic E-state index is -0.584. The zero-order valence-corrected chi connectivity index (χ0v) is 11.1. The van der Waals surface area contributed by atoms with E-state index >= 15 is 0 Å². The lowest BCUT2D eigenvalue weighted by Gasteiger charge is -2.34. The van der Waals surface area contributed by atoms with Crippen LogP contribution in [0.2, 0.25) is 0 Å². The quantitative estimate of drug-likeness (QED) is 0.797. The topological polar surface area (TPSA) is 56.8 Å². The predicted molar refractivity (Wildman–Crippen MR) is 76.0 cm³/mol. The van der Waals surface area contributed by atoms with Crippen LogP contribution < -0.4 is 10.5 Å². The van der Waals surface area contributed by atoms with Crippen molar-refractivity contribution in [3.63, 3.8) is 0 Å². The highest BCUT2D eigenvalue weighted by molar-refractivity contribution is 5.77. The van der Waals surface area contributed by atoms with E-state index in [1.54, 1.807) is 0 Å². The van der Waals surface area contributed by atoms with Crippen molar-refractivity contribution in [1.82, 2.24) is 0 Å². The maximum Gasteiger partial charge on any atom is 0.283 e. The Hall–Kier alpha value is -2.49. The molecule has 4 rings (SSSR count). The molecule has 2 aromatic carbocycles. The number of aliphatic imine (C=N–C) groups is 1. The van der Waals surface area contributed by atoms with Gasteiger partial charge in [0.15, 0.2) is 5.54 Å². The number of benzene rings is 2. The predicted octanol–water partition coefficient (Wildman–Crippen LogP) is 2.69. The summed E-state index contributed by atoms with van der Waals surface area (Å²) >= 11 is 0. The molecule has 0 bridgehead atoms.